The van der Waals surface area contributed by atoms with E-state index in [-0.39, 0.29) is 6.04 Å². The second-order valence-corrected chi connectivity index (χ2v) is 6.31. The molecule has 0 aliphatic heterocycles. The molecule has 0 spiro atoms. The van der Waals surface area contributed by atoms with Gasteiger partial charge in [-0.2, -0.15) is 5.10 Å². The van der Waals surface area contributed by atoms with E-state index in [1.807, 2.05) is 16.9 Å². The van der Waals surface area contributed by atoms with Gasteiger partial charge in [-0.15, -0.1) is 11.3 Å². The van der Waals surface area contributed by atoms with Crippen LogP contribution in [0.3, 0.4) is 0 Å². The van der Waals surface area contributed by atoms with Crippen molar-refractivity contribution < 1.29 is 0 Å². The molecule has 3 nitrogen and oxygen atoms in total. The van der Waals surface area contributed by atoms with E-state index >= 15 is 0 Å². The van der Waals surface area contributed by atoms with Gasteiger partial charge >= 0.3 is 0 Å². The Morgan fingerprint density at radius 2 is 2.21 bits per heavy atom. The maximum Gasteiger partial charge on any atom is 0.0931 e. The van der Waals surface area contributed by atoms with E-state index < -0.39 is 0 Å². The number of hydrogen-bond acceptors (Lipinski definition) is 3. The Kier molecular flexibility index (Phi) is 5.43. The van der Waals surface area contributed by atoms with Gasteiger partial charge in [0.25, 0.3) is 0 Å². The van der Waals surface area contributed by atoms with Crippen LogP contribution in [-0.4, -0.2) is 16.3 Å². The van der Waals surface area contributed by atoms with Crippen molar-refractivity contribution in [3.05, 3.63) is 39.3 Å². The minimum absolute atomic E-state index is 0.197. The molecule has 0 radical (unpaired) electrons. The van der Waals surface area contributed by atoms with Crippen molar-refractivity contribution in [2.75, 3.05) is 6.54 Å². The van der Waals surface area contributed by atoms with Gasteiger partial charge in [-0.05, 0) is 31.5 Å². The highest BCUT2D eigenvalue weighted by atomic mass is 35.5. The molecular formula is C14H20ClN3S. The summed E-state index contributed by atoms with van der Waals surface area (Å²) in [6.45, 7) is 6.28. The molecule has 2 rings (SSSR count). The minimum atomic E-state index is 0.197. The summed E-state index contributed by atoms with van der Waals surface area (Å²) < 4.78 is 2.84. The first-order valence-corrected chi connectivity index (χ1v) is 7.95. The van der Waals surface area contributed by atoms with Crippen LogP contribution in [0, 0.1) is 0 Å². The molecule has 1 N–H and O–H groups in total. The first-order chi connectivity index (χ1) is 9.24. The standard InChI is InChI=1S/C14H20ClN3S/c1-3-7-16-14(12-5-6-13(15)19-12)11-9-17-18(10-11)8-4-2/h5-6,9-10,14,16H,3-4,7-8H2,1-2H3. The summed E-state index contributed by atoms with van der Waals surface area (Å²) in [6.07, 6.45) is 6.29. The Bertz CT molecular complexity index is 506. The number of nitrogens with zero attached hydrogens (tertiary/aromatic N) is 2. The van der Waals surface area contributed by atoms with Crippen LogP contribution in [0.4, 0.5) is 0 Å². The summed E-state index contributed by atoms with van der Waals surface area (Å²) in [5, 5.41) is 7.98. The second kappa shape index (κ2) is 7.08. The van der Waals surface area contributed by atoms with Gasteiger partial charge in [0.05, 0.1) is 16.6 Å². The van der Waals surface area contributed by atoms with Gasteiger partial charge in [0, 0.05) is 23.2 Å². The molecule has 2 aromatic rings. The lowest BCUT2D eigenvalue weighted by Crippen LogP contribution is -2.22. The zero-order valence-corrected chi connectivity index (χ0v) is 13.0. The summed E-state index contributed by atoms with van der Waals surface area (Å²) in [7, 11) is 0. The third kappa shape index (κ3) is 3.81. The van der Waals surface area contributed by atoms with E-state index in [9.17, 15) is 0 Å². The average molecular weight is 298 g/mol. The summed E-state index contributed by atoms with van der Waals surface area (Å²) in [4.78, 5) is 1.24. The Hall–Kier alpha value is -0.840. The quantitative estimate of drug-likeness (QED) is 0.834. The molecule has 0 bridgehead atoms. The summed E-state index contributed by atoms with van der Waals surface area (Å²) >= 11 is 7.68. The van der Waals surface area contributed by atoms with Crippen LogP contribution < -0.4 is 5.32 Å². The predicted molar refractivity (Wildman–Crippen MR) is 82.0 cm³/mol. The first-order valence-electron chi connectivity index (χ1n) is 6.75. The highest BCUT2D eigenvalue weighted by molar-refractivity contribution is 7.16. The first kappa shape index (κ1) is 14.6. The fourth-order valence-corrected chi connectivity index (χ4v) is 3.20. The molecule has 2 aromatic heterocycles. The van der Waals surface area contributed by atoms with Crippen LogP contribution in [0.25, 0.3) is 0 Å². The van der Waals surface area contributed by atoms with Gasteiger partial charge in [-0.25, -0.2) is 0 Å². The molecule has 0 saturated carbocycles. The minimum Gasteiger partial charge on any atom is -0.306 e. The van der Waals surface area contributed by atoms with Crippen LogP contribution in [0.2, 0.25) is 4.34 Å². The predicted octanol–water partition coefficient (Wildman–Crippen LogP) is 4.10. The zero-order chi connectivity index (χ0) is 13.7. The second-order valence-electron chi connectivity index (χ2n) is 4.57. The molecule has 0 saturated heterocycles. The average Bonchev–Trinajstić information content (AvgIpc) is 3.01. The van der Waals surface area contributed by atoms with Crippen molar-refractivity contribution in [1.82, 2.24) is 15.1 Å². The molecular weight excluding hydrogens is 278 g/mol. The Morgan fingerprint density at radius 3 is 2.84 bits per heavy atom. The van der Waals surface area contributed by atoms with Crippen LogP contribution >= 0.6 is 22.9 Å². The molecule has 2 heterocycles. The van der Waals surface area contributed by atoms with Crippen molar-refractivity contribution in [1.29, 1.82) is 0 Å². The third-order valence-corrected chi connectivity index (χ3v) is 4.21. The molecule has 5 heteroatoms. The van der Waals surface area contributed by atoms with Gasteiger partial charge in [-0.3, -0.25) is 4.68 Å². The van der Waals surface area contributed by atoms with E-state index in [1.165, 1.54) is 10.4 Å². The topological polar surface area (TPSA) is 29.9 Å². The Balaban J connectivity index is 2.20. The van der Waals surface area contributed by atoms with Gasteiger partial charge in [0.1, 0.15) is 0 Å². The normalized spacial score (nSPS) is 12.8. The Labute approximate surface area is 123 Å². The molecule has 1 unspecified atom stereocenters. The molecule has 1 atom stereocenters. The van der Waals surface area contributed by atoms with Gasteiger partial charge in [0.2, 0.25) is 0 Å². The number of halogens is 1. The molecule has 0 aliphatic rings. The van der Waals surface area contributed by atoms with E-state index in [1.54, 1.807) is 11.3 Å². The maximum absolute atomic E-state index is 6.05. The summed E-state index contributed by atoms with van der Waals surface area (Å²) in [5.74, 6) is 0. The lowest BCUT2D eigenvalue weighted by Gasteiger charge is -2.15. The highest BCUT2D eigenvalue weighted by Crippen LogP contribution is 2.30. The largest absolute Gasteiger partial charge is 0.306 e. The van der Waals surface area contributed by atoms with Gasteiger partial charge in [-0.1, -0.05) is 25.4 Å². The van der Waals surface area contributed by atoms with Crippen molar-refractivity contribution in [2.24, 2.45) is 0 Å². The number of rotatable bonds is 7. The number of aromatic nitrogens is 2. The lowest BCUT2D eigenvalue weighted by atomic mass is 10.1. The maximum atomic E-state index is 6.05. The smallest absolute Gasteiger partial charge is 0.0931 e. The van der Waals surface area contributed by atoms with Crippen molar-refractivity contribution in [2.45, 2.75) is 39.3 Å². The molecule has 0 amide bonds. The molecule has 0 aliphatic carbocycles. The molecule has 19 heavy (non-hydrogen) atoms. The molecule has 0 fully saturated rings. The van der Waals surface area contributed by atoms with Crippen molar-refractivity contribution in [3.8, 4) is 0 Å². The lowest BCUT2D eigenvalue weighted by molar-refractivity contribution is 0.592. The fourth-order valence-electron chi connectivity index (χ4n) is 2.03. The summed E-state index contributed by atoms with van der Waals surface area (Å²) in [5.41, 5.74) is 1.21. The zero-order valence-electron chi connectivity index (χ0n) is 11.4. The fraction of sp³-hybridized carbons (Fsp3) is 0.500. The van der Waals surface area contributed by atoms with Crippen molar-refractivity contribution >= 4 is 22.9 Å². The van der Waals surface area contributed by atoms with Crippen LogP contribution in [-0.2, 0) is 6.54 Å². The number of aryl methyl sites for hydroxylation is 1. The summed E-state index contributed by atoms with van der Waals surface area (Å²) in [6, 6.07) is 4.25. The number of hydrogen-bond donors (Lipinski definition) is 1. The molecule has 104 valence electrons. The number of nitrogens with one attached hydrogen (secondary N) is 1. The third-order valence-electron chi connectivity index (χ3n) is 2.92. The number of thiophene rings is 1. The van der Waals surface area contributed by atoms with Crippen LogP contribution in [0.5, 0.6) is 0 Å². The van der Waals surface area contributed by atoms with Crippen molar-refractivity contribution in [3.63, 3.8) is 0 Å². The highest BCUT2D eigenvalue weighted by Gasteiger charge is 2.17. The van der Waals surface area contributed by atoms with Crippen LogP contribution in [0.1, 0.15) is 43.2 Å². The molecule has 0 aromatic carbocycles. The van der Waals surface area contributed by atoms with Gasteiger partial charge in [0.15, 0.2) is 0 Å². The van der Waals surface area contributed by atoms with E-state index in [2.05, 4.69) is 36.5 Å². The van der Waals surface area contributed by atoms with Gasteiger partial charge < -0.3 is 5.32 Å². The van der Waals surface area contributed by atoms with Crippen LogP contribution in [0.15, 0.2) is 24.5 Å². The Morgan fingerprint density at radius 1 is 1.37 bits per heavy atom. The van der Waals surface area contributed by atoms with E-state index in [0.29, 0.717) is 0 Å². The SMILES string of the molecule is CCCNC(c1cnn(CCC)c1)c1ccc(Cl)s1. The monoisotopic (exact) mass is 297 g/mol. The van der Waals surface area contributed by atoms with E-state index in [4.69, 9.17) is 11.6 Å². The van der Waals surface area contributed by atoms with E-state index in [0.717, 1.165) is 30.3 Å².